The van der Waals surface area contributed by atoms with Crippen LogP contribution in [0.2, 0.25) is 5.02 Å². The lowest BCUT2D eigenvalue weighted by Gasteiger charge is -2.25. The van der Waals surface area contributed by atoms with E-state index in [2.05, 4.69) is 10.3 Å². The lowest BCUT2D eigenvalue weighted by atomic mass is 9.89. The van der Waals surface area contributed by atoms with Gasteiger partial charge in [0, 0.05) is 24.0 Å². The van der Waals surface area contributed by atoms with Crippen molar-refractivity contribution in [1.82, 2.24) is 9.55 Å². The number of nitrogens with one attached hydrogen (secondary N) is 1. The van der Waals surface area contributed by atoms with Gasteiger partial charge in [0.25, 0.3) is 0 Å². The molecule has 2 heterocycles. The summed E-state index contributed by atoms with van der Waals surface area (Å²) in [6, 6.07) is 9.81. The number of imidazole rings is 1. The van der Waals surface area contributed by atoms with Crippen LogP contribution in [0.25, 0.3) is 5.69 Å². The van der Waals surface area contributed by atoms with E-state index in [0.717, 1.165) is 5.56 Å². The van der Waals surface area contributed by atoms with Crippen LogP contribution in [0.4, 0.5) is 10.2 Å². The molecule has 1 N–H and O–H groups in total. The zero-order valence-corrected chi connectivity index (χ0v) is 16.0. The fraction of sp³-hybridized carbons (Fsp3) is 0.200. The molecule has 0 saturated carbocycles. The third-order valence-corrected chi connectivity index (χ3v) is 5.06. The van der Waals surface area contributed by atoms with Gasteiger partial charge in [0.2, 0.25) is 5.91 Å². The second-order valence-corrected chi connectivity index (χ2v) is 6.77. The Labute approximate surface area is 165 Å². The molecule has 0 radical (unpaired) electrons. The van der Waals surface area contributed by atoms with E-state index >= 15 is 0 Å². The third kappa shape index (κ3) is 3.07. The molecule has 0 aliphatic carbocycles. The van der Waals surface area contributed by atoms with Gasteiger partial charge < -0.3 is 14.8 Å². The number of nitrogens with zero attached hydrogens (tertiary/aromatic N) is 2. The van der Waals surface area contributed by atoms with E-state index in [1.807, 2.05) is 12.1 Å². The number of benzene rings is 2. The molecular formula is C20H17ClFN3O3. The minimum absolute atomic E-state index is 0.00420. The number of ether oxygens (including phenoxy) is 2. The number of carbonyl (C=O) groups is 1. The molecule has 8 heteroatoms. The fourth-order valence-electron chi connectivity index (χ4n) is 3.40. The summed E-state index contributed by atoms with van der Waals surface area (Å²) in [7, 11) is 3.15. The second-order valence-electron chi connectivity index (χ2n) is 6.36. The molecule has 0 spiro atoms. The van der Waals surface area contributed by atoms with Crippen molar-refractivity contribution in [2.24, 2.45) is 0 Å². The van der Waals surface area contributed by atoms with Crippen LogP contribution < -0.4 is 14.8 Å². The molecule has 144 valence electrons. The monoisotopic (exact) mass is 401 g/mol. The van der Waals surface area contributed by atoms with Gasteiger partial charge >= 0.3 is 0 Å². The van der Waals surface area contributed by atoms with Crippen molar-refractivity contribution in [3.05, 3.63) is 64.8 Å². The number of rotatable bonds is 4. The van der Waals surface area contributed by atoms with Crippen molar-refractivity contribution in [3.63, 3.8) is 0 Å². The Bertz CT molecular complexity index is 1070. The molecule has 1 amide bonds. The first kappa shape index (κ1) is 18.3. The van der Waals surface area contributed by atoms with Gasteiger partial charge in [-0.2, -0.15) is 0 Å². The predicted molar refractivity (Wildman–Crippen MR) is 103 cm³/mol. The summed E-state index contributed by atoms with van der Waals surface area (Å²) >= 11 is 5.91. The number of halogens is 2. The van der Waals surface area contributed by atoms with Crippen molar-refractivity contribution >= 4 is 23.3 Å². The maximum atomic E-state index is 13.5. The maximum absolute atomic E-state index is 13.5. The Morgan fingerprint density at radius 2 is 2.04 bits per heavy atom. The van der Waals surface area contributed by atoms with E-state index < -0.39 is 5.82 Å². The number of amides is 1. The van der Waals surface area contributed by atoms with Gasteiger partial charge in [-0.05, 0) is 24.3 Å². The van der Waals surface area contributed by atoms with Gasteiger partial charge in [0.1, 0.15) is 29.5 Å². The van der Waals surface area contributed by atoms with Crippen LogP contribution in [0.15, 0.2) is 42.7 Å². The minimum Gasteiger partial charge on any atom is -0.497 e. The number of hydrogen-bond donors (Lipinski definition) is 1. The molecule has 1 aromatic heterocycles. The van der Waals surface area contributed by atoms with Crippen LogP contribution in [-0.2, 0) is 4.79 Å². The summed E-state index contributed by atoms with van der Waals surface area (Å²) in [4.78, 5) is 17.0. The van der Waals surface area contributed by atoms with Crippen molar-refractivity contribution in [2.45, 2.75) is 12.3 Å². The summed E-state index contributed by atoms with van der Waals surface area (Å²) in [6.45, 7) is 0. The number of fused-ring (bicyclic) bond motifs is 1. The molecule has 0 bridgehead atoms. The van der Waals surface area contributed by atoms with E-state index in [0.29, 0.717) is 28.7 Å². The fourth-order valence-corrected chi connectivity index (χ4v) is 3.58. The topological polar surface area (TPSA) is 65.4 Å². The van der Waals surface area contributed by atoms with Crippen LogP contribution in [0.3, 0.4) is 0 Å². The van der Waals surface area contributed by atoms with E-state index in [1.54, 1.807) is 37.2 Å². The molecule has 0 saturated heterocycles. The van der Waals surface area contributed by atoms with Crippen molar-refractivity contribution in [1.29, 1.82) is 0 Å². The van der Waals surface area contributed by atoms with E-state index in [-0.39, 0.29) is 23.3 Å². The number of aromatic nitrogens is 2. The van der Waals surface area contributed by atoms with Crippen LogP contribution in [-0.4, -0.2) is 29.7 Å². The minimum atomic E-state index is -0.510. The Hall–Kier alpha value is -3.06. The van der Waals surface area contributed by atoms with Crippen LogP contribution in [0, 0.1) is 5.82 Å². The van der Waals surface area contributed by atoms with Gasteiger partial charge in [-0.1, -0.05) is 17.7 Å². The highest BCUT2D eigenvalue weighted by Gasteiger charge is 2.33. The molecule has 1 atom stereocenters. The number of carbonyl (C=O) groups excluding carboxylic acids is 1. The average molecular weight is 402 g/mol. The SMILES string of the molecule is COc1ccc([C@@H]2CC(=O)Nc3c2ncn3-c2ccc(F)c(Cl)c2)c(OC)c1. The molecule has 1 aliphatic rings. The molecule has 1 aliphatic heterocycles. The first-order valence-corrected chi connectivity index (χ1v) is 8.94. The Kier molecular flexibility index (Phi) is 4.68. The summed E-state index contributed by atoms with van der Waals surface area (Å²) in [5.74, 6) is 0.857. The number of methoxy groups -OCH3 is 2. The van der Waals surface area contributed by atoms with Gasteiger partial charge in [-0.15, -0.1) is 0 Å². The molecule has 0 unspecified atom stereocenters. The maximum Gasteiger partial charge on any atom is 0.226 e. The Morgan fingerprint density at radius 1 is 1.21 bits per heavy atom. The highest BCUT2D eigenvalue weighted by Crippen LogP contribution is 2.42. The standard InChI is InChI=1S/C20H17ClFN3O3/c1-27-12-4-5-13(17(8-12)28-2)14-9-18(26)24-20-19(14)23-10-25(20)11-3-6-16(22)15(21)7-11/h3-8,10,14H,9H2,1-2H3,(H,24,26)/t14-/m0/s1. The highest BCUT2D eigenvalue weighted by atomic mass is 35.5. The molecule has 6 nitrogen and oxygen atoms in total. The molecule has 28 heavy (non-hydrogen) atoms. The quantitative estimate of drug-likeness (QED) is 0.713. The number of anilines is 1. The Balaban J connectivity index is 1.82. The van der Waals surface area contributed by atoms with Crippen LogP contribution in [0.1, 0.15) is 23.6 Å². The summed E-state index contributed by atoms with van der Waals surface area (Å²) in [5, 5.41) is 2.86. The third-order valence-electron chi connectivity index (χ3n) is 4.77. The van der Waals surface area contributed by atoms with E-state index in [1.165, 1.54) is 12.1 Å². The van der Waals surface area contributed by atoms with Gasteiger partial charge in [0.05, 0.1) is 30.6 Å². The summed E-state index contributed by atoms with van der Waals surface area (Å²) < 4.78 is 26.0. The molecule has 0 fully saturated rings. The zero-order valence-electron chi connectivity index (χ0n) is 15.2. The van der Waals surface area contributed by atoms with E-state index in [4.69, 9.17) is 21.1 Å². The summed E-state index contributed by atoms with van der Waals surface area (Å²) in [6.07, 6.45) is 1.82. The molecule has 2 aromatic carbocycles. The molecular weight excluding hydrogens is 385 g/mol. The molecule has 4 rings (SSSR count). The summed E-state index contributed by atoms with van der Waals surface area (Å²) in [5.41, 5.74) is 2.13. The first-order valence-electron chi connectivity index (χ1n) is 8.56. The zero-order chi connectivity index (χ0) is 19.8. The average Bonchev–Trinajstić information content (AvgIpc) is 3.12. The van der Waals surface area contributed by atoms with Crippen molar-refractivity contribution < 1.29 is 18.7 Å². The molecule has 3 aromatic rings. The van der Waals surface area contributed by atoms with Crippen molar-refractivity contribution in [2.75, 3.05) is 19.5 Å². The van der Waals surface area contributed by atoms with Gasteiger partial charge in [-0.3, -0.25) is 9.36 Å². The lowest BCUT2D eigenvalue weighted by Crippen LogP contribution is -2.25. The van der Waals surface area contributed by atoms with Crippen LogP contribution in [0.5, 0.6) is 11.5 Å². The Morgan fingerprint density at radius 3 is 2.75 bits per heavy atom. The van der Waals surface area contributed by atoms with Crippen molar-refractivity contribution in [3.8, 4) is 17.2 Å². The highest BCUT2D eigenvalue weighted by molar-refractivity contribution is 6.30. The first-order chi connectivity index (χ1) is 13.5. The predicted octanol–water partition coefficient (Wildman–Crippen LogP) is 4.16. The smallest absolute Gasteiger partial charge is 0.226 e. The normalized spacial score (nSPS) is 15.7. The number of hydrogen-bond acceptors (Lipinski definition) is 4. The van der Waals surface area contributed by atoms with Crippen LogP contribution >= 0.6 is 11.6 Å². The largest absolute Gasteiger partial charge is 0.497 e. The van der Waals surface area contributed by atoms with E-state index in [9.17, 15) is 9.18 Å². The van der Waals surface area contributed by atoms with Gasteiger partial charge in [-0.25, -0.2) is 9.37 Å². The van der Waals surface area contributed by atoms with Gasteiger partial charge in [0.15, 0.2) is 0 Å². The lowest BCUT2D eigenvalue weighted by molar-refractivity contribution is -0.116. The second kappa shape index (κ2) is 7.16.